The lowest BCUT2D eigenvalue weighted by atomic mass is 9.66. The largest absolute Gasteiger partial charge is 0.388 e. The SMILES string of the molecule is CC(C)[C@H]1c2ccc(F)cc2CC[C@]1(O)CC#N. The van der Waals surface area contributed by atoms with E-state index in [1.165, 1.54) is 6.07 Å². The summed E-state index contributed by atoms with van der Waals surface area (Å²) < 4.78 is 13.2. The van der Waals surface area contributed by atoms with Crippen molar-refractivity contribution in [2.75, 3.05) is 0 Å². The van der Waals surface area contributed by atoms with Crippen LogP contribution in [0.2, 0.25) is 0 Å². The Morgan fingerprint density at radius 3 is 2.89 bits per heavy atom. The molecule has 0 radical (unpaired) electrons. The van der Waals surface area contributed by atoms with Crippen LogP contribution in [0.3, 0.4) is 0 Å². The Labute approximate surface area is 107 Å². The fourth-order valence-corrected chi connectivity index (χ4v) is 3.21. The summed E-state index contributed by atoms with van der Waals surface area (Å²) in [5.74, 6) is -0.114. The van der Waals surface area contributed by atoms with Gasteiger partial charge in [0.15, 0.2) is 0 Å². The second kappa shape index (κ2) is 4.70. The number of halogens is 1. The molecule has 0 bridgehead atoms. The number of benzene rings is 1. The number of rotatable bonds is 2. The molecular weight excluding hydrogens is 229 g/mol. The molecule has 0 amide bonds. The molecule has 1 aromatic rings. The van der Waals surface area contributed by atoms with Crippen LogP contribution in [0.1, 0.15) is 43.7 Å². The molecule has 1 aliphatic rings. The molecule has 0 fully saturated rings. The van der Waals surface area contributed by atoms with Crippen LogP contribution in [0.25, 0.3) is 0 Å². The molecule has 3 heteroatoms. The fourth-order valence-electron chi connectivity index (χ4n) is 3.21. The Morgan fingerprint density at radius 2 is 2.28 bits per heavy atom. The summed E-state index contributed by atoms with van der Waals surface area (Å²) in [7, 11) is 0. The summed E-state index contributed by atoms with van der Waals surface area (Å²) in [5, 5.41) is 19.6. The Balaban J connectivity index is 2.49. The summed E-state index contributed by atoms with van der Waals surface area (Å²) in [6.07, 6.45) is 1.29. The molecule has 2 nitrogen and oxygen atoms in total. The van der Waals surface area contributed by atoms with E-state index in [2.05, 4.69) is 6.07 Å². The fraction of sp³-hybridized carbons (Fsp3) is 0.533. The summed E-state index contributed by atoms with van der Waals surface area (Å²) in [6, 6.07) is 6.83. The third-order valence-electron chi connectivity index (χ3n) is 3.90. The monoisotopic (exact) mass is 247 g/mol. The summed E-state index contributed by atoms with van der Waals surface area (Å²) in [4.78, 5) is 0. The number of hydrogen-bond acceptors (Lipinski definition) is 2. The molecule has 0 heterocycles. The Kier molecular flexibility index (Phi) is 3.41. The molecule has 1 N–H and O–H groups in total. The number of nitrogens with zero attached hydrogens (tertiary/aromatic N) is 1. The Morgan fingerprint density at radius 1 is 1.56 bits per heavy atom. The standard InChI is InChI=1S/C15H18FNO/c1-10(2)14-13-4-3-12(16)9-11(13)5-6-15(14,18)7-8-17/h3-4,9-10,14,18H,5-7H2,1-2H3/t14-,15-/m0/s1. The zero-order chi connectivity index (χ0) is 13.3. The molecule has 0 saturated carbocycles. The number of hydrogen-bond donors (Lipinski definition) is 1. The van der Waals surface area contributed by atoms with Gasteiger partial charge in [0.25, 0.3) is 0 Å². The maximum absolute atomic E-state index is 13.2. The third kappa shape index (κ3) is 2.13. The van der Waals surface area contributed by atoms with E-state index in [1.807, 2.05) is 13.8 Å². The van der Waals surface area contributed by atoms with E-state index in [0.29, 0.717) is 12.8 Å². The number of nitriles is 1. The van der Waals surface area contributed by atoms with E-state index in [0.717, 1.165) is 11.1 Å². The number of aryl methyl sites for hydroxylation is 1. The van der Waals surface area contributed by atoms with Crippen LogP contribution < -0.4 is 0 Å². The lowest BCUT2D eigenvalue weighted by Crippen LogP contribution is -2.42. The van der Waals surface area contributed by atoms with E-state index in [9.17, 15) is 9.50 Å². The lowest BCUT2D eigenvalue weighted by molar-refractivity contribution is -0.0130. The maximum Gasteiger partial charge on any atom is 0.123 e. The van der Waals surface area contributed by atoms with Crippen molar-refractivity contribution in [1.82, 2.24) is 0 Å². The predicted molar refractivity (Wildman–Crippen MR) is 67.5 cm³/mol. The van der Waals surface area contributed by atoms with Gasteiger partial charge in [0, 0.05) is 5.92 Å². The quantitative estimate of drug-likeness (QED) is 0.872. The van der Waals surface area contributed by atoms with E-state index >= 15 is 0 Å². The highest BCUT2D eigenvalue weighted by molar-refractivity contribution is 5.37. The van der Waals surface area contributed by atoms with Crippen molar-refractivity contribution < 1.29 is 9.50 Å². The minimum Gasteiger partial charge on any atom is -0.388 e. The zero-order valence-electron chi connectivity index (χ0n) is 10.8. The summed E-state index contributed by atoms with van der Waals surface area (Å²) in [6.45, 7) is 4.07. The molecule has 0 aromatic heterocycles. The van der Waals surface area contributed by atoms with Gasteiger partial charge in [-0.3, -0.25) is 0 Å². The molecule has 0 saturated heterocycles. The Hall–Kier alpha value is -1.40. The first-order valence-corrected chi connectivity index (χ1v) is 6.35. The van der Waals surface area contributed by atoms with Gasteiger partial charge in [-0.25, -0.2) is 4.39 Å². The molecule has 18 heavy (non-hydrogen) atoms. The van der Waals surface area contributed by atoms with Crippen molar-refractivity contribution in [3.63, 3.8) is 0 Å². The van der Waals surface area contributed by atoms with Crippen LogP contribution in [0.5, 0.6) is 0 Å². The van der Waals surface area contributed by atoms with Gasteiger partial charge in [-0.1, -0.05) is 19.9 Å². The molecule has 2 rings (SSSR count). The van der Waals surface area contributed by atoms with Gasteiger partial charge in [-0.15, -0.1) is 0 Å². The maximum atomic E-state index is 13.2. The van der Waals surface area contributed by atoms with E-state index < -0.39 is 5.60 Å². The van der Waals surface area contributed by atoms with Crippen molar-refractivity contribution in [3.8, 4) is 6.07 Å². The average Bonchev–Trinajstić information content (AvgIpc) is 2.29. The molecule has 0 aliphatic heterocycles. The van der Waals surface area contributed by atoms with Crippen LogP contribution in [-0.2, 0) is 6.42 Å². The van der Waals surface area contributed by atoms with Crippen molar-refractivity contribution in [1.29, 1.82) is 5.26 Å². The van der Waals surface area contributed by atoms with Crippen LogP contribution >= 0.6 is 0 Å². The van der Waals surface area contributed by atoms with E-state index in [-0.39, 0.29) is 24.1 Å². The number of aliphatic hydroxyl groups is 1. The van der Waals surface area contributed by atoms with Crippen molar-refractivity contribution >= 4 is 0 Å². The van der Waals surface area contributed by atoms with E-state index in [4.69, 9.17) is 5.26 Å². The molecule has 2 atom stereocenters. The Bertz CT molecular complexity index is 492. The van der Waals surface area contributed by atoms with Gasteiger partial charge in [-0.2, -0.15) is 5.26 Å². The van der Waals surface area contributed by atoms with Crippen molar-refractivity contribution in [2.45, 2.75) is 44.6 Å². The molecule has 0 unspecified atom stereocenters. The van der Waals surface area contributed by atoms with Crippen LogP contribution in [-0.4, -0.2) is 10.7 Å². The van der Waals surface area contributed by atoms with E-state index in [1.54, 1.807) is 12.1 Å². The third-order valence-corrected chi connectivity index (χ3v) is 3.90. The smallest absolute Gasteiger partial charge is 0.123 e. The topological polar surface area (TPSA) is 44.0 Å². The summed E-state index contributed by atoms with van der Waals surface area (Å²) >= 11 is 0. The molecule has 1 aliphatic carbocycles. The van der Waals surface area contributed by atoms with Gasteiger partial charge in [0.05, 0.1) is 18.1 Å². The van der Waals surface area contributed by atoms with Crippen molar-refractivity contribution in [3.05, 3.63) is 35.1 Å². The second-order valence-corrected chi connectivity index (χ2v) is 5.50. The molecule has 1 aromatic carbocycles. The van der Waals surface area contributed by atoms with Gasteiger partial charge < -0.3 is 5.11 Å². The first-order chi connectivity index (χ1) is 8.48. The van der Waals surface area contributed by atoms with Gasteiger partial charge >= 0.3 is 0 Å². The minimum absolute atomic E-state index is 0.0958. The zero-order valence-corrected chi connectivity index (χ0v) is 10.8. The predicted octanol–water partition coefficient (Wildman–Crippen LogP) is 3.16. The second-order valence-electron chi connectivity index (χ2n) is 5.50. The van der Waals surface area contributed by atoms with Crippen LogP contribution in [0.4, 0.5) is 4.39 Å². The first kappa shape index (κ1) is 13.0. The van der Waals surface area contributed by atoms with Crippen LogP contribution in [0, 0.1) is 23.1 Å². The minimum atomic E-state index is -0.978. The molecule has 96 valence electrons. The summed E-state index contributed by atoms with van der Waals surface area (Å²) in [5.41, 5.74) is 0.986. The highest BCUT2D eigenvalue weighted by atomic mass is 19.1. The van der Waals surface area contributed by atoms with Gasteiger partial charge in [0.2, 0.25) is 0 Å². The van der Waals surface area contributed by atoms with Crippen LogP contribution in [0.15, 0.2) is 18.2 Å². The molecular formula is C15H18FNO. The normalized spacial score (nSPS) is 26.8. The highest BCUT2D eigenvalue weighted by Crippen LogP contribution is 2.45. The van der Waals surface area contributed by atoms with Crippen molar-refractivity contribution in [2.24, 2.45) is 5.92 Å². The average molecular weight is 247 g/mol. The van der Waals surface area contributed by atoms with Gasteiger partial charge in [-0.05, 0) is 42.0 Å². The number of fused-ring (bicyclic) bond motifs is 1. The highest BCUT2D eigenvalue weighted by Gasteiger charge is 2.43. The lowest BCUT2D eigenvalue weighted by Gasteiger charge is -2.42. The first-order valence-electron chi connectivity index (χ1n) is 6.35. The molecule has 0 spiro atoms. The van der Waals surface area contributed by atoms with Gasteiger partial charge in [0.1, 0.15) is 5.82 Å².